The summed E-state index contributed by atoms with van der Waals surface area (Å²) in [5.41, 5.74) is 0. The molecule has 0 atom stereocenters. The summed E-state index contributed by atoms with van der Waals surface area (Å²) in [4.78, 5) is 33.7. The van der Waals surface area contributed by atoms with Gasteiger partial charge in [0.2, 0.25) is 0 Å². The number of hydrogen-bond donors (Lipinski definition) is 0. The maximum absolute atomic E-state index is 10.4. The van der Waals surface area contributed by atoms with Crippen molar-refractivity contribution >= 4 is 27.4 Å². The molecule has 0 unspecified atom stereocenters. The Kier molecular flexibility index (Phi) is 14.1. The smallest absolute Gasteiger partial charge is 0.458 e. The third-order valence-electron chi connectivity index (χ3n) is 2.00. The first kappa shape index (κ1) is 21.9. The van der Waals surface area contributed by atoms with Gasteiger partial charge in [-0.3, -0.25) is 14.4 Å². The van der Waals surface area contributed by atoms with Gasteiger partial charge in [0, 0.05) is 20.8 Å². The van der Waals surface area contributed by atoms with Crippen LogP contribution in [0, 0.1) is 0 Å². The van der Waals surface area contributed by atoms with Crippen LogP contribution in [0.25, 0.3) is 0 Å². The molecule has 21 heavy (non-hydrogen) atoms. The molecule has 7 nitrogen and oxygen atoms in total. The fourth-order valence-electron chi connectivity index (χ4n) is 1.35. The predicted octanol–water partition coefficient (Wildman–Crippen LogP) is 1.13. The van der Waals surface area contributed by atoms with Gasteiger partial charge in [0.15, 0.2) is 0 Å². The molecule has 0 saturated carbocycles. The first-order chi connectivity index (χ1) is 9.72. The molecule has 0 aliphatic rings. The molecule has 0 amide bonds. The second-order valence-corrected chi connectivity index (χ2v) is 5.70. The summed E-state index contributed by atoms with van der Waals surface area (Å²) in [6, 6.07) is 0. The van der Waals surface area contributed by atoms with Gasteiger partial charge in [-0.05, 0) is 33.0 Å². The topological polar surface area (TPSA) is 82.1 Å². The highest BCUT2D eigenvalue weighted by Gasteiger charge is 2.25. The maximum Gasteiger partial charge on any atom is 0.689 e. The summed E-state index contributed by atoms with van der Waals surface area (Å²) in [5.74, 6) is -1.96. The zero-order valence-electron chi connectivity index (χ0n) is 13.8. The number of nitrogens with zero attached hydrogens (tertiary/aromatic N) is 1. The van der Waals surface area contributed by atoms with E-state index in [9.17, 15) is 14.4 Å². The Morgan fingerprint density at radius 1 is 0.810 bits per heavy atom. The number of rotatable bonds is 7. The van der Waals surface area contributed by atoms with Crippen LogP contribution in [-0.4, -0.2) is 52.5 Å². The Balaban J connectivity index is 0. The van der Waals surface area contributed by atoms with E-state index in [4.69, 9.17) is 0 Å². The Morgan fingerprint density at radius 3 is 1.29 bits per heavy atom. The molecule has 124 valence electrons. The van der Waals surface area contributed by atoms with Gasteiger partial charge in [0.1, 0.15) is 0 Å². The van der Waals surface area contributed by atoms with Crippen LogP contribution in [0.2, 0.25) is 0 Å². The minimum absolute atomic E-state index is 0.654. The third kappa shape index (κ3) is 18.6. The Morgan fingerprint density at radius 2 is 1.10 bits per heavy atom. The zero-order valence-corrected chi connectivity index (χ0v) is 15.0. The SMILES string of the molecule is CC(=O)O[SiH](OC(C)=O)OC(C)=O.CCCN(C)CCC. The molecule has 0 radical (unpaired) electrons. The Bertz CT molecular complexity index is 280. The van der Waals surface area contributed by atoms with Crippen LogP contribution in [0.3, 0.4) is 0 Å². The molecular formula is C13H27NO6Si. The van der Waals surface area contributed by atoms with Crippen LogP contribution in [-0.2, 0) is 27.7 Å². The van der Waals surface area contributed by atoms with Crippen molar-refractivity contribution < 1.29 is 27.7 Å². The predicted molar refractivity (Wildman–Crippen MR) is 80.5 cm³/mol. The molecule has 0 heterocycles. The number of hydrogen-bond acceptors (Lipinski definition) is 7. The molecule has 0 aromatic heterocycles. The van der Waals surface area contributed by atoms with Crippen molar-refractivity contribution in [1.82, 2.24) is 4.90 Å². The van der Waals surface area contributed by atoms with Crippen molar-refractivity contribution in [3.63, 3.8) is 0 Å². The van der Waals surface area contributed by atoms with Gasteiger partial charge in [-0.1, -0.05) is 13.8 Å². The minimum atomic E-state index is -2.96. The molecular weight excluding hydrogens is 294 g/mol. The highest BCUT2D eigenvalue weighted by atomic mass is 28.3. The van der Waals surface area contributed by atoms with E-state index in [0.717, 1.165) is 20.8 Å². The molecule has 0 bridgehead atoms. The van der Waals surface area contributed by atoms with Crippen molar-refractivity contribution in [2.24, 2.45) is 0 Å². The lowest BCUT2D eigenvalue weighted by Gasteiger charge is -2.12. The fraction of sp³-hybridized carbons (Fsp3) is 0.769. The average Bonchev–Trinajstić information content (AvgIpc) is 2.27. The van der Waals surface area contributed by atoms with Crippen LogP contribution in [0.4, 0.5) is 0 Å². The van der Waals surface area contributed by atoms with Crippen molar-refractivity contribution in [2.75, 3.05) is 20.1 Å². The van der Waals surface area contributed by atoms with Gasteiger partial charge >= 0.3 is 9.53 Å². The van der Waals surface area contributed by atoms with Gasteiger partial charge in [0.25, 0.3) is 17.9 Å². The number of carbonyl (C=O) groups is 3. The van der Waals surface area contributed by atoms with Crippen molar-refractivity contribution in [2.45, 2.75) is 47.5 Å². The minimum Gasteiger partial charge on any atom is -0.458 e. The first-order valence-corrected chi connectivity index (χ1v) is 8.34. The van der Waals surface area contributed by atoms with Gasteiger partial charge in [-0.15, -0.1) is 0 Å². The monoisotopic (exact) mass is 321 g/mol. The first-order valence-electron chi connectivity index (χ1n) is 6.93. The van der Waals surface area contributed by atoms with Crippen LogP contribution in [0.15, 0.2) is 0 Å². The summed E-state index contributed by atoms with van der Waals surface area (Å²) in [6.45, 7) is 10.3. The largest absolute Gasteiger partial charge is 0.689 e. The quantitative estimate of drug-likeness (QED) is 0.650. The Hall–Kier alpha value is -1.41. The maximum atomic E-state index is 10.4. The average molecular weight is 321 g/mol. The van der Waals surface area contributed by atoms with Crippen molar-refractivity contribution in [1.29, 1.82) is 0 Å². The fourth-order valence-corrected chi connectivity index (χ4v) is 2.31. The van der Waals surface area contributed by atoms with Gasteiger partial charge in [0.05, 0.1) is 0 Å². The van der Waals surface area contributed by atoms with Crippen molar-refractivity contribution in [3.05, 3.63) is 0 Å². The molecule has 0 fully saturated rings. The Labute approximate surface area is 128 Å². The van der Waals surface area contributed by atoms with Gasteiger partial charge in [-0.2, -0.15) is 0 Å². The lowest BCUT2D eigenvalue weighted by Crippen LogP contribution is -2.32. The number of carbonyl (C=O) groups excluding carboxylic acids is 3. The molecule has 0 saturated heterocycles. The van der Waals surface area contributed by atoms with E-state index in [-0.39, 0.29) is 0 Å². The van der Waals surface area contributed by atoms with Gasteiger partial charge < -0.3 is 18.2 Å². The van der Waals surface area contributed by atoms with E-state index < -0.39 is 27.4 Å². The molecule has 0 spiro atoms. The van der Waals surface area contributed by atoms with Crippen molar-refractivity contribution in [3.8, 4) is 0 Å². The highest BCUT2D eigenvalue weighted by Crippen LogP contribution is 1.94. The second kappa shape index (κ2) is 13.6. The summed E-state index contributed by atoms with van der Waals surface area (Å²) in [6.07, 6.45) is 2.55. The summed E-state index contributed by atoms with van der Waals surface area (Å²) >= 11 is 0. The molecule has 0 aliphatic carbocycles. The van der Waals surface area contributed by atoms with E-state index >= 15 is 0 Å². The lowest BCUT2D eigenvalue weighted by atomic mass is 10.4. The van der Waals surface area contributed by atoms with Crippen LogP contribution < -0.4 is 0 Å². The molecule has 0 aliphatic heterocycles. The van der Waals surface area contributed by atoms with E-state index in [1.54, 1.807) is 0 Å². The standard InChI is InChI=1S/C7H17N.C6H10O6Si/c1-4-6-8(3)7-5-2;1-4(7)10-13(11-5(2)8)12-6(3)9/h4-7H2,1-3H3;13H,1-3H3. The summed E-state index contributed by atoms with van der Waals surface area (Å²) < 4.78 is 13.5. The van der Waals surface area contributed by atoms with Crippen LogP contribution in [0.1, 0.15) is 47.5 Å². The summed E-state index contributed by atoms with van der Waals surface area (Å²) in [5, 5.41) is 0. The van der Waals surface area contributed by atoms with E-state index in [1.807, 2.05) is 0 Å². The zero-order chi connectivity index (χ0) is 16.8. The summed E-state index contributed by atoms with van der Waals surface area (Å²) in [7, 11) is -0.782. The molecule has 0 aromatic rings. The van der Waals surface area contributed by atoms with Crippen LogP contribution >= 0.6 is 0 Å². The molecule has 0 aromatic carbocycles. The normalized spacial score (nSPS) is 9.71. The van der Waals surface area contributed by atoms with E-state index in [1.165, 1.54) is 25.9 Å². The third-order valence-corrected chi connectivity index (χ3v) is 3.57. The van der Waals surface area contributed by atoms with E-state index in [2.05, 4.69) is 39.1 Å². The lowest BCUT2D eigenvalue weighted by molar-refractivity contribution is -0.144. The molecule has 8 heteroatoms. The second-order valence-electron chi connectivity index (χ2n) is 4.42. The van der Waals surface area contributed by atoms with Crippen LogP contribution in [0.5, 0.6) is 0 Å². The highest BCUT2D eigenvalue weighted by molar-refractivity contribution is 6.43. The van der Waals surface area contributed by atoms with E-state index in [0.29, 0.717) is 0 Å². The molecule has 0 rings (SSSR count). The van der Waals surface area contributed by atoms with Gasteiger partial charge in [-0.25, -0.2) is 0 Å². The molecule has 0 N–H and O–H groups in total.